The maximum atomic E-state index is 9.02. The van der Waals surface area contributed by atoms with Crippen LogP contribution in [0.15, 0.2) is 0 Å². The van der Waals surface area contributed by atoms with Crippen LogP contribution >= 0.6 is 0 Å². The van der Waals surface area contributed by atoms with Crippen LogP contribution in [0.3, 0.4) is 0 Å². The molecule has 0 aliphatic rings. The quantitative estimate of drug-likeness (QED) is 0.156. The summed E-state index contributed by atoms with van der Waals surface area (Å²) < 4.78 is 31.6. The Labute approximate surface area is 88.4 Å². The van der Waals surface area contributed by atoms with Crippen LogP contribution in [-0.2, 0) is 15.2 Å². The molecule has 0 amide bonds. The van der Waals surface area contributed by atoms with Gasteiger partial charge in [-0.1, -0.05) is 0 Å². The molecule has 0 atom stereocenters. The predicted molar refractivity (Wildman–Crippen MR) is 46.3 cm³/mol. The van der Waals surface area contributed by atoms with E-state index in [1.54, 1.807) is 0 Å². The van der Waals surface area contributed by atoms with E-state index in [4.69, 9.17) is 42.7 Å². The molecule has 0 saturated heterocycles. The van der Waals surface area contributed by atoms with Crippen molar-refractivity contribution >= 4 is 16.6 Å². The maximum Gasteiger partial charge on any atom is 0.524 e. The number of rotatable bonds is 0. The molecule has 15 heteroatoms. The molecule has 0 spiro atoms. The van der Waals surface area contributed by atoms with E-state index in [9.17, 15) is 0 Å². The van der Waals surface area contributed by atoms with Gasteiger partial charge >= 0.3 is 16.6 Å². The van der Waals surface area contributed by atoms with Gasteiger partial charge in [0.1, 0.15) is 0 Å². The smallest absolute Gasteiger partial charge is 0.448 e. The summed E-state index contributed by atoms with van der Waals surface area (Å²) in [6.07, 6.45) is -1.47. The van der Waals surface area contributed by atoms with Gasteiger partial charge in [0.25, 0.3) is 5.09 Å². The molecule has 0 aliphatic heterocycles. The van der Waals surface area contributed by atoms with Gasteiger partial charge in [0.15, 0.2) is 0 Å². The maximum absolute atomic E-state index is 9.02. The largest absolute Gasteiger partial charge is 0.524 e. The number of hydrogen-bond acceptors (Lipinski definition) is 9. The number of nitrogens with zero attached hydrogens (tertiary/aromatic N) is 1. The Bertz CT molecular complexity index is 246. The average Bonchev–Trinajstić information content (AvgIpc) is 1.82. The Balaban J connectivity index is -0.0000000358. The van der Waals surface area contributed by atoms with Crippen molar-refractivity contribution in [2.45, 2.75) is 0 Å². The number of nitrogens with two attached hydrogens (primary N) is 1. The third-order valence-corrected chi connectivity index (χ3v) is 0.101. The molecule has 16 heavy (non-hydrogen) atoms. The van der Waals surface area contributed by atoms with Crippen molar-refractivity contribution in [3.63, 3.8) is 0 Å². The van der Waals surface area contributed by atoms with Crippen molar-refractivity contribution in [1.29, 1.82) is 0 Å². The lowest BCUT2D eigenvalue weighted by Gasteiger charge is -1.77. The molecule has 0 aromatic heterocycles. The van der Waals surface area contributed by atoms with Crippen LogP contribution in [0, 0.1) is 10.1 Å². The zero-order valence-corrected chi connectivity index (χ0v) is 8.40. The third kappa shape index (κ3) is 31800. The first-order valence-corrected chi connectivity index (χ1v) is 3.53. The van der Waals surface area contributed by atoms with E-state index in [1.807, 2.05) is 0 Å². The molecular formula is CH12N4O10S. The first kappa shape index (κ1) is 29.2. The zero-order chi connectivity index (χ0) is 12.4. The fourth-order valence-electron chi connectivity index (χ4n) is 0. The minimum absolute atomic E-state index is 0. The Morgan fingerprint density at radius 3 is 1.38 bits per heavy atom. The van der Waals surface area contributed by atoms with Crippen LogP contribution in [-0.4, -0.2) is 39.1 Å². The van der Waals surface area contributed by atoms with Crippen molar-refractivity contribution in [2.24, 2.45) is 5.90 Å². The molecule has 0 saturated carbocycles. The van der Waals surface area contributed by atoms with E-state index in [0.29, 0.717) is 0 Å². The molecule has 0 aliphatic carbocycles. The van der Waals surface area contributed by atoms with E-state index in [1.165, 1.54) is 0 Å². The highest BCUT2D eigenvalue weighted by Crippen LogP contribution is 1.59. The molecule has 0 heterocycles. The van der Waals surface area contributed by atoms with Crippen LogP contribution in [0.1, 0.15) is 0 Å². The molecule has 12 N–H and O–H groups in total. The molecular weight excluding hydrogens is 260 g/mol. The highest BCUT2D eigenvalue weighted by atomic mass is 32.3. The normalized spacial score (nSPS) is 7.19. The van der Waals surface area contributed by atoms with Gasteiger partial charge < -0.3 is 27.5 Å². The van der Waals surface area contributed by atoms with Crippen LogP contribution < -0.4 is 18.2 Å². The van der Waals surface area contributed by atoms with Crippen molar-refractivity contribution < 1.29 is 42.6 Å². The summed E-state index contributed by atoms with van der Waals surface area (Å²) in [4.78, 5) is 20.5. The Hall–Kier alpha value is -1.78. The second-order valence-corrected chi connectivity index (χ2v) is 1.97. The van der Waals surface area contributed by atoms with Gasteiger partial charge in [-0.2, -0.15) is 14.3 Å². The van der Waals surface area contributed by atoms with E-state index < -0.39 is 21.6 Å². The monoisotopic (exact) mass is 272 g/mol. The van der Waals surface area contributed by atoms with Crippen LogP contribution in [0.4, 0.5) is 4.79 Å². The number of carbonyl (C=O) groups is 1. The van der Waals surface area contributed by atoms with Gasteiger partial charge in [-0.15, -0.1) is 10.1 Å². The summed E-state index contributed by atoms with van der Waals surface area (Å²) >= 11 is 0. The fourth-order valence-corrected chi connectivity index (χ4v) is 0. The lowest BCUT2D eigenvalue weighted by atomic mass is 11.4. The molecule has 14 nitrogen and oxygen atoms in total. The number of hydrogen-bond donors (Lipinski definition) is 7. The van der Waals surface area contributed by atoms with Crippen molar-refractivity contribution in [3.8, 4) is 0 Å². The Morgan fingerprint density at radius 1 is 1.31 bits per heavy atom. The zero-order valence-electron chi connectivity index (χ0n) is 7.59. The molecule has 0 radical (unpaired) electrons. The van der Waals surface area contributed by atoms with E-state index in [0.717, 1.165) is 0 Å². The average molecular weight is 272 g/mol. The molecule has 0 rings (SSSR count). The molecule has 102 valence electrons. The molecule has 0 bridgehead atoms. The van der Waals surface area contributed by atoms with Gasteiger partial charge in [0.05, 0.1) is 0 Å². The van der Waals surface area contributed by atoms with Gasteiger partial charge in [0.2, 0.25) is 0 Å². The van der Waals surface area contributed by atoms with Crippen molar-refractivity contribution in [1.82, 2.24) is 12.3 Å². The van der Waals surface area contributed by atoms with E-state index >= 15 is 0 Å². The summed E-state index contributed by atoms with van der Waals surface area (Å²) in [5.74, 6) is 4.07. The first-order valence-electron chi connectivity index (χ1n) is 2.13. The summed E-state index contributed by atoms with van der Waals surface area (Å²) in [5, 5.41) is 21.0. The lowest BCUT2D eigenvalue weighted by molar-refractivity contribution is -0.742. The van der Waals surface area contributed by atoms with E-state index in [2.05, 4.69) is 10.7 Å². The van der Waals surface area contributed by atoms with Crippen LogP contribution in [0.25, 0.3) is 0 Å². The SMILES string of the molecule is N.N.NOC(=O)O.O=S(=O)(O)O.O=[N+]([O-])O. The van der Waals surface area contributed by atoms with Crippen LogP contribution in [0.2, 0.25) is 0 Å². The highest BCUT2D eigenvalue weighted by molar-refractivity contribution is 7.79. The molecule has 0 fully saturated rings. The van der Waals surface area contributed by atoms with Gasteiger partial charge in [-0.25, -0.2) is 4.79 Å². The third-order valence-electron chi connectivity index (χ3n) is 0.101. The van der Waals surface area contributed by atoms with Crippen molar-refractivity contribution in [2.75, 3.05) is 0 Å². The van der Waals surface area contributed by atoms with Crippen LogP contribution in [0.5, 0.6) is 0 Å². The van der Waals surface area contributed by atoms with E-state index in [-0.39, 0.29) is 12.3 Å². The minimum Gasteiger partial charge on any atom is -0.448 e. The van der Waals surface area contributed by atoms with Gasteiger partial charge in [-0.3, -0.25) is 9.11 Å². The summed E-state index contributed by atoms with van der Waals surface area (Å²) in [6.45, 7) is 0. The van der Waals surface area contributed by atoms with Gasteiger partial charge in [-0.05, 0) is 0 Å². The summed E-state index contributed by atoms with van der Waals surface area (Å²) in [6, 6.07) is 0. The number of carboxylic acid groups (broad SMARTS) is 1. The molecule has 0 unspecified atom stereocenters. The minimum atomic E-state index is -4.67. The second kappa shape index (κ2) is 15.7. The lowest BCUT2D eigenvalue weighted by Crippen LogP contribution is -2.04. The fraction of sp³-hybridized carbons (Fsp3) is 0. The Kier molecular flexibility index (Phi) is 28.7. The summed E-state index contributed by atoms with van der Waals surface area (Å²) in [7, 11) is -4.67. The molecule has 0 aromatic carbocycles. The topological polar surface area (TPSA) is 281 Å². The Morgan fingerprint density at radius 2 is 1.38 bits per heavy atom. The standard InChI is InChI=1S/CH3NO3.HNO3.2H3N.H2O4S/c2-5-1(3)4;2-1(3)4;;;1-5(2,3)4/h2H2,(H,3,4);(H,2,3,4);2*1H3;(H2,1,2,3,4). The van der Waals surface area contributed by atoms with Gasteiger partial charge in [0, 0.05) is 0 Å². The van der Waals surface area contributed by atoms with Crippen molar-refractivity contribution in [3.05, 3.63) is 10.1 Å². The summed E-state index contributed by atoms with van der Waals surface area (Å²) in [5.41, 5.74) is 0. The highest BCUT2D eigenvalue weighted by Gasteiger charge is 1.84. The molecule has 0 aromatic rings. The predicted octanol–water partition coefficient (Wildman–Crippen LogP) is -1.12. The second-order valence-electron chi connectivity index (χ2n) is 1.07. The first-order chi connectivity index (χ1) is 6.00.